The SMILES string of the molecule is [CH]=CC([CH2])=O. The van der Waals surface area contributed by atoms with Crippen LogP contribution in [0.15, 0.2) is 6.08 Å². The summed E-state index contributed by atoms with van der Waals surface area (Å²) in [6, 6.07) is 0. The summed E-state index contributed by atoms with van der Waals surface area (Å²) >= 11 is 0. The highest BCUT2D eigenvalue weighted by Crippen LogP contribution is 1.59. The zero-order chi connectivity index (χ0) is 4.28. The van der Waals surface area contributed by atoms with Gasteiger partial charge in [0.15, 0.2) is 5.78 Å². The molecule has 0 saturated heterocycles. The Balaban J connectivity index is 3.20. The van der Waals surface area contributed by atoms with Crippen molar-refractivity contribution in [2.24, 2.45) is 0 Å². The minimum absolute atomic E-state index is 0.343. The van der Waals surface area contributed by atoms with Gasteiger partial charge in [-0.25, -0.2) is 0 Å². The van der Waals surface area contributed by atoms with Crippen LogP contribution in [0.3, 0.4) is 0 Å². The van der Waals surface area contributed by atoms with E-state index in [4.69, 9.17) is 0 Å². The Labute approximate surface area is 31.3 Å². The van der Waals surface area contributed by atoms with Gasteiger partial charge in [-0.05, 0) is 6.08 Å². The third-order valence-corrected chi connectivity index (χ3v) is 0.186. The summed E-state index contributed by atoms with van der Waals surface area (Å²) in [5, 5.41) is 0. The maximum atomic E-state index is 9.52. The van der Waals surface area contributed by atoms with E-state index in [0.717, 1.165) is 6.08 Å². The molecule has 0 fully saturated rings. The molecule has 0 spiro atoms. The quantitative estimate of drug-likeness (QED) is 0.406. The first kappa shape index (κ1) is 4.41. The second-order valence-corrected chi connectivity index (χ2v) is 0.633. The van der Waals surface area contributed by atoms with Crippen molar-refractivity contribution in [3.8, 4) is 0 Å². The number of allylic oxidation sites excluding steroid dienone is 1. The smallest absolute Gasteiger partial charge is 0.156 e. The zero-order valence-electron chi connectivity index (χ0n) is 2.77. The Morgan fingerprint density at radius 1 is 2.00 bits per heavy atom. The zero-order valence-corrected chi connectivity index (χ0v) is 2.77. The Morgan fingerprint density at radius 3 is 2.20 bits per heavy atom. The number of carbonyl (C=O) groups excluding carboxylic acids is 1. The molecule has 0 aromatic carbocycles. The first-order valence-corrected chi connectivity index (χ1v) is 1.18. The highest BCUT2D eigenvalue weighted by molar-refractivity contribution is 5.92. The molecular weight excluding hydrogens is 64.0 g/mol. The standard InChI is InChI=1S/C4H4O/c1-3-4(2)5/h1,3H,2H2. The monoisotopic (exact) mass is 68.0 g/mol. The molecule has 0 atom stereocenters. The Bertz CT molecular complexity index is 54.7. The minimum Gasteiger partial charge on any atom is -0.295 e. The van der Waals surface area contributed by atoms with Gasteiger partial charge < -0.3 is 0 Å². The molecule has 0 aliphatic carbocycles. The van der Waals surface area contributed by atoms with E-state index >= 15 is 0 Å². The van der Waals surface area contributed by atoms with Gasteiger partial charge in [-0.2, -0.15) is 0 Å². The second kappa shape index (κ2) is 1.70. The minimum atomic E-state index is -0.343. The molecule has 0 N–H and O–H groups in total. The van der Waals surface area contributed by atoms with E-state index in [9.17, 15) is 4.79 Å². The Kier molecular flexibility index (Phi) is 1.50. The van der Waals surface area contributed by atoms with E-state index in [2.05, 4.69) is 13.5 Å². The molecule has 5 heavy (non-hydrogen) atoms. The van der Waals surface area contributed by atoms with Crippen LogP contribution in [0, 0.1) is 13.5 Å². The number of rotatable bonds is 1. The van der Waals surface area contributed by atoms with Gasteiger partial charge >= 0.3 is 0 Å². The fourth-order valence-electron chi connectivity index (χ4n) is 0. The average molecular weight is 68.1 g/mol. The normalized spacial score (nSPS) is 6.60. The van der Waals surface area contributed by atoms with Crippen molar-refractivity contribution in [1.82, 2.24) is 0 Å². The van der Waals surface area contributed by atoms with Gasteiger partial charge in [0.2, 0.25) is 0 Å². The average Bonchev–Trinajstić information content (AvgIpc) is 1.38. The van der Waals surface area contributed by atoms with E-state index in [1.807, 2.05) is 0 Å². The van der Waals surface area contributed by atoms with E-state index in [0.29, 0.717) is 0 Å². The van der Waals surface area contributed by atoms with Crippen LogP contribution in [-0.2, 0) is 4.79 Å². The summed E-state index contributed by atoms with van der Waals surface area (Å²) in [7, 11) is 0. The molecule has 0 aliphatic heterocycles. The molecule has 1 nitrogen and oxygen atoms in total. The number of carbonyl (C=O) groups is 1. The third kappa shape index (κ3) is 3.41. The van der Waals surface area contributed by atoms with Crippen molar-refractivity contribution < 1.29 is 4.79 Å². The van der Waals surface area contributed by atoms with Gasteiger partial charge in [0.05, 0.1) is 0 Å². The van der Waals surface area contributed by atoms with E-state index in [1.54, 1.807) is 0 Å². The molecule has 0 rings (SSSR count). The van der Waals surface area contributed by atoms with Crippen molar-refractivity contribution in [3.63, 3.8) is 0 Å². The molecule has 26 valence electrons. The summed E-state index contributed by atoms with van der Waals surface area (Å²) in [5.41, 5.74) is 0. The summed E-state index contributed by atoms with van der Waals surface area (Å²) in [5.74, 6) is -0.343. The van der Waals surface area contributed by atoms with Crippen molar-refractivity contribution in [2.45, 2.75) is 0 Å². The Hall–Kier alpha value is -0.590. The largest absolute Gasteiger partial charge is 0.295 e. The number of ketones is 1. The van der Waals surface area contributed by atoms with Crippen LogP contribution < -0.4 is 0 Å². The highest BCUT2D eigenvalue weighted by atomic mass is 16.1. The van der Waals surface area contributed by atoms with Gasteiger partial charge in [0, 0.05) is 6.92 Å². The van der Waals surface area contributed by atoms with Crippen molar-refractivity contribution in [3.05, 3.63) is 19.6 Å². The lowest BCUT2D eigenvalue weighted by Gasteiger charge is -1.62. The van der Waals surface area contributed by atoms with Crippen LogP contribution >= 0.6 is 0 Å². The summed E-state index contributed by atoms with van der Waals surface area (Å²) in [4.78, 5) is 9.52. The topological polar surface area (TPSA) is 17.1 Å². The molecule has 0 bridgehead atoms. The van der Waals surface area contributed by atoms with Gasteiger partial charge in [-0.3, -0.25) is 4.79 Å². The van der Waals surface area contributed by atoms with Crippen LogP contribution in [-0.4, -0.2) is 5.78 Å². The maximum Gasteiger partial charge on any atom is 0.156 e. The molecule has 0 aromatic rings. The predicted molar refractivity (Wildman–Crippen MR) is 19.2 cm³/mol. The summed E-state index contributed by atoms with van der Waals surface area (Å²) in [6.45, 7) is 7.57. The molecule has 0 aromatic heterocycles. The molecule has 0 aliphatic rings. The number of hydrogen-bond donors (Lipinski definition) is 0. The van der Waals surface area contributed by atoms with Gasteiger partial charge in [-0.15, -0.1) is 0 Å². The van der Waals surface area contributed by atoms with Crippen LogP contribution in [0.1, 0.15) is 0 Å². The molecule has 0 unspecified atom stereocenters. The Morgan fingerprint density at radius 2 is 2.20 bits per heavy atom. The summed E-state index contributed by atoms with van der Waals surface area (Å²) < 4.78 is 0. The lowest BCUT2D eigenvalue weighted by Crippen LogP contribution is -1.75. The van der Waals surface area contributed by atoms with E-state index < -0.39 is 0 Å². The van der Waals surface area contributed by atoms with Crippen LogP contribution in [0.5, 0.6) is 0 Å². The molecule has 0 amide bonds. The molecule has 1 heteroatoms. The van der Waals surface area contributed by atoms with E-state index in [-0.39, 0.29) is 5.78 Å². The van der Waals surface area contributed by atoms with Crippen molar-refractivity contribution >= 4 is 5.78 Å². The molecule has 0 saturated carbocycles. The lowest BCUT2D eigenvalue weighted by molar-refractivity contribution is -0.110. The van der Waals surface area contributed by atoms with E-state index in [1.165, 1.54) is 0 Å². The van der Waals surface area contributed by atoms with Crippen LogP contribution in [0.2, 0.25) is 0 Å². The fraction of sp³-hybridized carbons (Fsp3) is 0. The molecule has 0 heterocycles. The maximum absolute atomic E-state index is 9.52. The highest BCUT2D eigenvalue weighted by Gasteiger charge is 1.70. The second-order valence-electron chi connectivity index (χ2n) is 0.633. The van der Waals surface area contributed by atoms with Gasteiger partial charge in [0.1, 0.15) is 0 Å². The lowest BCUT2D eigenvalue weighted by atomic mass is 10.5. The first-order valence-electron chi connectivity index (χ1n) is 1.18. The molecule has 2 radical (unpaired) electrons. The first-order chi connectivity index (χ1) is 2.27. The fourth-order valence-corrected chi connectivity index (χ4v) is 0. The van der Waals surface area contributed by atoms with Gasteiger partial charge in [0.25, 0.3) is 0 Å². The number of hydrogen-bond acceptors (Lipinski definition) is 1. The third-order valence-electron chi connectivity index (χ3n) is 0.186. The predicted octanol–water partition coefficient (Wildman–Crippen LogP) is 0.379. The van der Waals surface area contributed by atoms with Crippen LogP contribution in [0.25, 0.3) is 0 Å². The summed E-state index contributed by atoms with van der Waals surface area (Å²) in [6.07, 6.45) is 0.917. The van der Waals surface area contributed by atoms with Crippen LogP contribution in [0.4, 0.5) is 0 Å². The van der Waals surface area contributed by atoms with Crippen molar-refractivity contribution in [1.29, 1.82) is 0 Å². The molecular formula is C4H4O. The van der Waals surface area contributed by atoms with Crippen molar-refractivity contribution in [2.75, 3.05) is 0 Å². The van der Waals surface area contributed by atoms with Gasteiger partial charge in [-0.1, -0.05) is 6.58 Å².